The first kappa shape index (κ1) is 16.0. The van der Waals surface area contributed by atoms with Gasteiger partial charge < -0.3 is 9.15 Å². The number of hydrogen-bond acceptors (Lipinski definition) is 4. The Balaban J connectivity index is 1.89. The summed E-state index contributed by atoms with van der Waals surface area (Å²) < 4.78 is 10.6. The number of aromatic nitrogens is 1. The summed E-state index contributed by atoms with van der Waals surface area (Å²) in [6, 6.07) is 15.3. The number of benzene rings is 2. The molecule has 3 aromatic rings. The summed E-state index contributed by atoms with van der Waals surface area (Å²) in [4.78, 5) is 16.0. The smallest absolute Gasteiger partial charge is 0.337 e. The Labute approximate surface area is 141 Å². The van der Waals surface area contributed by atoms with Crippen LogP contribution in [0, 0.1) is 0 Å². The SMILES string of the molecule is COC(=O)c1cccc(-c2cnc(-c3ccc(C(C)C)cc3)o2)c1. The molecule has 0 saturated heterocycles. The van der Waals surface area contributed by atoms with Gasteiger partial charge in [0.15, 0.2) is 5.76 Å². The minimum atomic E-state index is -0.374. The zero-order valence-electron chi connectivity index (χ0n) is 13.9. The van der Waals surface area contributed by atoms with Gasteiger partial charge in [0.1, 0.15) is 0 Å². The molecular weight excluding hydrogens is 302 g/mol. The minimum Gasteiger partial charge on any atom is -0.465 e. The average molecular weight is 321 g/mol. The van der Waals surface area contributed by atoms with Gasteiger partial charge in [0.25, 0.3) is 0 Å². The Morgan fingerprint density at radius 2 is 1.83 bits per heavy atom. The number of ether oxygens (including phenoxy) is 1. The molecule has 0 aliphatic rings. The predicted octanol–water partition coefficient (Wildman–Crippen LogP) is 4.92. The largest absolute Gasteiger partial charge is 0.465 e. The Morgan fingerprint density at radius 1 is 1.08 bits per heavy atom. The molecule has 0 saturated carbocycles. The summed E-state index contributed by atoms with van der Waals surface area (Å²) in [7, 11) is 1.36. The highest BCUT2D eigenvalue weighted by Gasteiger charge is 2.12. The lowest BCUT2D eigenvalue weighted by Gasteiger charge is -2.05. The van der Waals surface area contributed by atoms with Crippen LogP contribution in [0.25, 0.3) is 22.8 Å². The third kappa shape index (κ3) is 3.23. The molecule has 0 unspecified atom stereocenters. The third-order valence-corrected chi connectivity index (χ3v) is 3.90. The highest BCUT2D eigenvalue weighted by Crippen LogP contribution is 2.27. The number of oxazole rings is 1. The van der Waals surface area contributed by atoms with E-state index in [9.17, 15) is 4.79 Å². The van der Waals surface area contributed by atoms with Crippen molar-refractivity contribution in [3.8, 4) is 22.8 Å². The second-order valence-corrected chi connectivity index (χ2v) is 5.88. The van der Waals surface area contributed by atoms with E-state index in [1.807, 2.05) is 18.2 Å². The van der Waals surface area contributed by atoms with Crippen LogP contribution in [0.4, 0.5) is 0 Å². The van der Waals surface area contributed by atoms with Crippen molar-refractivity contribution < 1.29 is 13.9 Å². The molecule has 3 rings (SSSR count). The van der Waals surface area contributed by atoms with E-state index in [4.69, 9.17) is 9.15 Å². The number of carbonyl (C=O) groups excluding carboxylic acids is 1. The lowest BCUT2D eigenvalue weighted by molar-refractivity contribution is 0.0601. The molecule has 122 valence electrons. The molecule has 0 radical (unpaired) electrons. The number of esters is 1. The molecule has 1 aromatic heterocycles. The Hall–Kier alpha value is -2.88. The van der Waals surface area contributed by atoms with Crippen molar-refractivity contribution in [2.45, 2.75) is 19.8 Å². The average Bonchev–Trinajstić information content (AvgIpc) is 3.11. The van der Waals surface area contributed by atoms with Crippen molar-refractivity contribution in [1.29, 1.82) is 0 Å². The summed E-state index contributed by atoms with van der Waals surface area (Å²) in [5.41, 5.74) is 3.47. The normalized spacial score (nSPS) is 10.8. The van der Waals surface area contributed by atoms with Gasteiger partial charge in [0.05, 0.1) is 18.9 Å². The van der Waals surface area contributed by atoms with Gasteiger partial charge in [-0.2, -0.15) is 0 Å². The molecule has 0 amide bonds. The number of methoxy groups -OCH3 is 1. The molecule has 0 N–H and O–H groups in total. The zero-order chi connectivity index (χ0) is 17.1. The monoisotopic (exact) mass is 321 g/mol. The van der Waals surface area contributed by atoms with Crippen LogP contribution in [-0.4, -0.2) is 18.1 Å². The molecule has 2 aromatic carbocycles. The standard InChI is InChI=1S/C20H19NO3/c1-13(2)14-7-9-15(10-8-14)19-21-12-18(24-19)16-5-4-6-17(11-16)20(22)23-3/h4-13H,1-3H3. The number of nitrogens with zero attached hydrogens (tertiary/aromatic N) is 1. The summed E-state index contributed by atoms with van der Waals surface area (Å²) in [5.74, 6) is 1.29. The maximum atomic E-state index is 11.6. The van der Waals surface area contributed by atoms with Gasteiger partial charge in [-0.25, -0.2) is 9.78 Å². The van der Waals surface area contributed by atoms with Crippen LogP contribution >= 0.6 is 0 Å². The van der Waals surface area contributed by atoms with Crippen molar-refractivity contribution in [3.05, 3.63) is 65.9 Å². The van der Waals surface area contributed by atoms with E-state index in [0.717, 1.165) is 11.1 Å². The zero-order valence-corrected chi connectivity index (χ0v) is 13.9. The van der Waals surface area contributed by atoms with Crippen molar-refractivity contribution in [2.75, 3.05) is 7.11 Å². The molecule has 4 nitrogen and oxygen atoms in total. The molecule has 0 spiro atoms. The number of rotatable bonds is 4. The topological polar surface area (TPSA) is 52.3 Å². The van der Waals surface area contributed by atoms with Gasteiger partial charge >= 0.3 is 5.97 Å². The van der Waals surface area contributed by atoms with Gasteiger partial charge in [0, 0.05) is 11.1 Å². The van der Waals surface area contributed by atoms with Crippen molar-refractivity contribution in [2.24, 2.45) is 0 Å². The van der Waals surface area contributed by atoms with Crippen molar-refractivity contribution in [3.63, 3.8) is 0 Å². The molecule has 4 heteroatoms. The molecule has 1 heterocycles. The first-order valence-corrected chi connectivity index (χ1v) is 7.83. The lowest BCUT2D eigenvalue weighted by Crippen LogP contribution is -2.00. The fourth-order valence-electron chi connectivity index (χ4n) is 2.47. The second-order valence-electron chi connectivity index (χ2n) is 5.88. The fraction of sp³-hybridized carbons (Fsp3) is 0.200. The predicted molar refractivity (Wildman–Crippen MR) is 92.8 cm³/mol. The van der Waals surface area contributed by atoms with Crippen LogP contribution in [-0.2, 0) is 4.74 Å². The Morgan fingerprint density at radius 3 is 2.50 bits per heavy atom. The van der Waals surface area contributed by atoms with E-state index in [0.29, 0.717) is 23.1 Å². The quantitative estimate of drug-likeness (QED) is 0.640. The van der Waals surface area contributed by atoms with E-state index in [2.05, 4.69) is 31.0 Å². The molecule has 0 aliphatic heterocycles. The van der Waals surface area contributed by atoms with Gasteiger partial charge in [-0.05, 0) is 35.7 Å². The first-order chi connectivity index (χ1) is 11.6. The van der Waals surface area contributed by atoms with E-state index in [-0.39, 0.29) is 5.97 Å². The molecule has 0 aliphatic carbocycles. The molecule has 24 heavy (non-hydrogen) atoms. The highest BCUT2D eigenvalue weighted by atomic mass is 16.5. The third-order valence-electron chi connectivity index (χ3n) is 3.90. The van der Waals surface area contributed by atoms with Crippen molar-refractivity contribution >= 4 is 5.97 Å². The minimum absolute atomic E-state index is 0.374. The summed E-state index contributed by atoms with van der Waals surface area (Å²) >= 11 is 0. The molecule has 0 atom stereocenters. The summed E-state index contributed by atoms with van der Waals surface area (Å²) in [5, 5.41) is 0. The Kier molecular flexibility index (Phi) is 4.47. The van der Waals surface area contributed by atoms with E-state index < -0.39 is 0 Å². The van der Waals surface area contributed by atoms with Crippen molar-refractivity contribution in [1.82, 2.24) is 4.98 Å². The van der Waals surface area contributed by atoms with Gasteiger partial charge in [-0.3, -0.25) is 0 Å². The van der Waals surface area contributed by atoms with Crippen LogP contribution in [0.1, 0.15) is 35.7 Å². The summed E-state index contributed by atoms with van der Waals surface area (Å²) in [6.07, 6.45) is 1.67. The Bertz CT molecular complexity index is 847. The van der Waals surface area contributed by atoms with E-state index in [1.54, 1.807) is 24.4 Å². The van der Waals surface area contributed by atoms with E-state index in [1.165, 1.54) is 12.7 Å². The van der Waals surface area contributed by atoms with Gasteiger partial charge in [-0.15, -0.1) is 0 Å². The molecule has 0 fully saturated rings. The molecule has 0 bridgehead atoms. The maximum Gasteiger partial charge on any atom is 0.337 e. The number of hydrogen-bond donors (Lipinski definition) is 0. The van der Waals surface area contributed by atoms with Crippen LogP contribution in [0.5, 0.6) is 0 Å². The van der Waals surface area contributed by atoms with Gasteiger partial charge in [0.2, 0.25) is 5.89 Å². The second kappa shape index (κ2) is 6.71. The van der Waals surface area contributed by atoms with Crippen LogP contribution < -0.4 is 0 Å². The van der Waals surface area contributed by atoms with Gasteiger partial charge in [-0.1, -0.05) is 38.1 Å². The molecular formula is C20H19NO3. The number of carbonyl (C=O) groups is 1. The maximum absolute atomic E-state index is 11.6. The van der Waals surface area contributed by atoms with Crippen LogP contribution in [0.15, 0.2) is 59.1 Å². The highest BCUT2D eigenvalue weighted by molar-refractivity contribution is 5.90. The fourth-order valence-corrected chi connectivity index (χ4v) is 2.47. The van der Waals surface area contributed by atoms with E-state index >= 15 is 0 Å². The summed E-state index contributed by atoms with van der Waals surface area (Å²) in [6.45, 7) is 4.32. The van der Waals surface area contributed by atoms with Crippen LogP contribution in [0.2, 0.25) is 0 Å². The van der Waals surface area contributed by atoms with Crippen LogP contribution in [0.3, 0.4) is 0 Å². The first-order valence-electron chi connectivity index (χ1n) is 7.83. The lowest BCUT2D eigenvalue weighted by atomic mass is 10.0.